The van der Waals surface area contributed by atoms with Gasteiger partial charge in [-0.2, -0.15) is 0 Å². The van der Waals surface area contributed by atoms with Crippen molar-refractivity contribution in [2.75, 3.05) is 13.1 Å². The van der Waals surface area contributed by atoms with E-state index in [0.717, 1.165) is 38.4 Å². The van der Waals surface area contributed by atoms with Crippen molar-refractivity contribution in [2.24, 2.45) is 0 Å². The average Bonchev–Trinajstić information content (AvgIpc) is 2.75. The van der Waals surface area contributed by atoms with Crippen LogP contribution in [0.3, 0.4) is 0 Å². The van der Waals surface area contributed by atoms with Crippen LogP contribution in [0.4, 0.5) is 0 Å². The molecule has 0 atom stereocenters. The van der Waals surface area contributed by atoms with Crippen LogP contribution >= 0.6 is 0 Å². The Morgan fingerprint density at radius 1 is 1.21 bits per heavy atom. The van der Waals surface area contributed by atoms with E-state index in [0.29, 0.717) is 5.82 Å². The Balaban J connectivity index is 1.68. The smallest absolute Gasteiger partial charge is 0.158 e. The Bertz CT molecular complexity index is 539. The Morgan fingerprint density at radius 2 is 2.16 bits per heavy atom. The highest BCUT2D eigenvalue weighted by atomic mass is 16.3. The molecule has 1 aliphatic heterocycles. The molecule has 0 aromatic carbocycles. The molecular formula is C13H17N5O. The van der Waals surface area contributed by atoms with Crippen LogP contribution in [-0.2, 0) is 26.1 Å². The highest BCUT2D eigenvalue weighted by Crippen LogP contribution is 2.11. The van der Waals surface area contributed by atoms with Crippen LogP contribution in [0.5, 0.6) is 0 Å². The van der Waals surface area contributed by atoms with Crippen molar-refractivity contribution in [2.45, 2.75) is 26.1 Å². The van der Waals surface area contributed by atoms with Crippen molar-refractivity contribution in [1.82, 2.24) is 24.6 Å². The normalized spacial score (nSPS) is 16.1. The molecule has 0 amide bonds. The van der Waals surface area contributed by atoms with Gasteiger partial charge in [-0.25, -0.2) is 0 Å². The van der Waals surface area contributed by atoms with Gasteiger partial charge in [-0.05, 0) is 11.6 Å². The zero-order chi connectivity index (χ0) is 13.1. The van der Waals surface area contributed by atoms with Crippen molar-refractivity contribution in [3.8, 4) is 0 Å². The lowest BCUT2D eigenvalue weighted by atomic mass is 10.2. The molecule has 3 rings (SSSR count). The molecule has 0 spiro atoms. The van der Waals surface area contributed by atoms with Gasteiger partial charge in [0.2, 0.25) is 0 Å². The number of aromatic nitrogens is 4. The SMILES string of the molecule is OCc1nnc2n1CCN(Cc1cccnc1)CC2. The summed E-state index contributed by atoms with van der Waals surface area (Å²) < 4.78 is 2.03. The Labute approximate surface area is 111 Å². The van der Waals surface area contributed by atoms with Crippen molar-refractivity contribution in [1.29, 1.82) is 0 Å². The first-order chi connectivity index (χ1) is 9.36. The zero-order valence-electron chi connectivity index (χ0n) is 10.7. The van der Waals surface area contributed by atoms with E-state index in [9.17, 15) is 5.11 Å². The van der Waals surface area contributed by atoms with E-state index < -0.39 is 0 Å². The van der Waals surface area contributed by atoms with Gasteiger partial charge in [-0.15, -0.1) is 10.2 Å². The molecule has 19 heavy (non-hydrogen) atoms. The summed E-state index contributed by atoms with van der Waals surface area (Å²) in [7, 11) is 0. The van der Waals surface area contributed by atoms with Crippen molar-refractivity contribution in [3.05, 3.63) is 41.7 Å². The van der Waals surface area contributed by atoms with Gasteiger partial charge >= 0.3 is 0 Å². The molecule has 0 bridgehead atoms. The monoisotopic (exact) mass is 259 g/mol. The van der Waals surface area contributed by atoms with Gasteiger partial charge in [0.25, 0.3) is 0 Å². The van der Waals surface area contributed by atoms with E-state index in [-0.39, 0.29) is 6.61 Å². The highest BCUT2D eigenvalue weighted by molar-refractivity contribution is 5.08. The number of fused-ring (bicyclic) bond motifs is 1. The second-order valence-electron chi connectivity index (χ2n) is 4.73. The lowest BCUT2D eigenvalue weighted by Gasteiger charge is -2.19. The lowest BCUT2D eigenvalue weighted by Crippen LogP contribution is -2.26. The molecule has 0 aliphatic carbocycles. The van der Waals surface area contributed by atoms with Crippen LogP contribution in [0.25, 0.3) is 0 Å². The molecule has 0 fully saturated rings. The third kappa shape index (κ3) is 2.64. The maximum absolute atomic E-state index is 9.23. The van der Waals surface area contributed by atoms with E-state index >= 15 is 0 Å². The van der Waals surface area contributed by atoms with Gasteiger partial charge in [0.05, 0.1) is 0 Å². The van der Waals surface area contributed by atoms with E-state index in [4.69, 9.17) is 0 Å². The molecule has 100 valence electrons. The minimum Gasteiger partial charge on any atom is -0.388 e. The van der Waals surface area contributed by atoms with Gasteiger partial charge in [0.1, 0.15) is 12.4 Å². The number of hydrogen-bond donors (Lipinski definition) is 1. The Kier molecular flexibility index (Phi) is 3.52. The first-order valence-corrected chi connectivity index (χ1v) is 6.50. The average molecular weight is 259 g/mol. The van der Waals surface area contributed by atoms with Gasteiger partial charge in [-0.3, -0.25) is 9.88 Å². The molecule has 6 heteroatoms. The molecule has 0 radical (unpaired) electrons. The molecular weight excluding hydrogens is 242 g/mol. The first-order valence-electron chi connectivity index (χ1n) is 6.50. The number of aliphatic hydroxyl groups is 1. The van der Waals surface area contributed by atoms with E-state index in [1.165, 1.54) is 5.56 Å². The van der Waals surface area contributed by atoms with Crippen LogP contribution in [0.15, 0.2) is 24.5 Å². The molecule has 0 saturated carbocycles. The van der Waals surface area contributed by atoms with Crippen molar-refractivity contribution >= 4 is 0 Å². The third-order valence-electron chi connectivity index (χ3n) is 3.47. The molecule has 2 aromatic heterocycles. The summed E-state index contributed by atoms with van der Waals surface area (Å²) in [6, 6.07) is 4.06. The first kappa shape index (κ1) is 12.3. The summed E-state index contributed by atoms with van der Waals surface area (Å²) in [6.45, 7) is 3.58. The van der Waals surface area contributed by atoms with Gasteiger partial charge in [-0.1, -0.05) is 6.07 Å². The predicted molar refractivity (Wildman–Crippen MR) is 69.2 cm³/mol. The molecule has 3 heterocycles. The van der Waals surface area contributed by atoms with Crippen LogP contribution < -0.4 is 0 Å². The van der Waals surface area contributed by atoms with Gasteiger partial charge < -0.3 is 9.67 Å². The maximum atomic E-state index is 9.23. The second-order valence-corrected chi connectivity index (χ2v) is 4.73. The molecule has 1 aliphatic rings. The quantitative estimate of drug-likeness (QED) is 0.854. The van der Waals surface area contributed by atoms with Gasteiger partial charge in [0, 0.05) is 45.0 Å². The third-order valence-corrected chi connectivity index (χ3v) is 3.47. The summed E-state index contributed by atoms with van der Waals surface area (Å²) in [5, 5.41) is 17.4. The van der Waals surface area contributed by atoms with Gasteiger partial charge in [0.15, 0.2) is 5.82 Å². The predicted octanol–water partition coefficient (Wildman–Crippen LogP) is 0.224. The summed E-state index contributed by atoms with van der Waals surface area (Å²) in [6.07, 6.45) is 4.57. The molecule has 0 unspecified atom stereocenters. The number of aliphatic hydroxyl groups excluding tert-OH is 1. The van der Waals surface area contributed by atoms with Crippen LogP contribution in [0.2, 0.25) is 0 Å². The minimum atomic E-state index is -0.0460. The molecule has 2 aromatic rings. The molecule has 6 nitrogen and oxygen atoms in total. The van der Waals surface area contributed by atoms with Crippen molar-refractivity contribution in [3.63, 3.8) is 0 Å². The van der Waals surface area contributed by atoms with Crippen LogP contribution in [0, 0.1) is 0 Å². The fourth-order valence-corrected chi connectivity index (χ4v) is 2.45. The number of pyridine rings is 1. The summed E-state index contributed by atoms with van der Waals surface area (Å²) in [5.41, 5.74) is 1.22. The van der Waals surface area contributed by atoms with E-state index in [1.807, 2.05) is 16.8 Å². The number of hydrogen-bond acceptors (Lipinski definition) is 5. The van der Waals surface area contributed by atoms with E-state index in [1.54, 1.807) is 6.20 Å². The molecule has 0 saturated heterocycles. The fraction of sp³-hybridized carbons (Fsp3) is 0.462. The maximum Gasteiger partial charge on any atom is 0.158 e. The second kappa shape index (κ2) is 5.46. The largest absolute Gasteiger partial charge is 0.388 e. The fourth-order valence-electron chi connectivity index (χ4n) is 2.45. The van der Waals surface area contributed by atoms with Crippen LogP contribution in [-0.4, -0.2) is 42.8 Å². The van der Waals surface area contributed by atoms with Crippen molar-refractivity contribution < 1.29 is 5.11 Å². The summed E-state index contributed by atoms with van der Waals surface area (Å²) >= 11 is 0. The Morgan fingerprint density at radius 3 is 2.95 bits per heavy atom. The summed E-state index contributed by atoms with van der Waals surface area (Å²) in [4.78, 5) is 6.52. The minimum absolute atomic E-state index is 0.0460. The highest BCUT2D eigenvalue weighted by Gasteiger charge is 2.18. The summed E-state index contributed by atoms with van der Waals surface area (Å²) in [5.74, 6) is 1.64. The Hall–Kier alpha value is -1.79. The zero-order valence-corrected chi connectivity index (χ0v) is 10.7. The molecule has 1 N–H and O–H groups in total. The number of nitrogens with zero attached hydrogens (tertiary/aromatic N) is 5. The lowest BCUT2D eigenvalue weighted by molar-refractivity contribution is 0.252. The number of rotatable bonds is 3. The topological polar surface area (TPSA) is 67.1 Å². The van der Waals surface area contributed by atoms with E-state index in [2.05, 4.69) is 26.1 Å². The standard InChI is InChI=1S/C13H17N5O/c19-10-13-16-15-12-3-5-17(6-7-18(12)13)9-11-2-1-4-14-8-11/h1-2,4,8,19H,3,5-7,9-10H2. The van der Waals surface area contributed by atoms with Crippen LogP contribution in [0.1, 0.15) is 17.2 Å².